The van der Waals surface area contributed by atoms with Gasteiger partial charge in [0.1, 0.15) is 5.82 Å². The molecule has 346 valence electrons. The fraction of sp³-hybridized carbons (Fsp3) is 0.156. The van der Waals surface area contributed by atoms with E-state index >= 15 is 0 Å². The Balaban J connectivity index is 0.00000616. The number of rotatable bonds is 5. The SMILES string of the molecule is [2H]C([2H])([2H])c1cccc(C([2H])([2H])[2H])c1-c1cc2c(c(C(C)(C)C)c1)-[n+]1[c-]n(-c3[c-]c(Oc4[c-]c5c(cc4)c4ccccc4n5-c4cc(C(C)(C)C)ccn4)ccc3)c3cccc(c31)-c1ccccc1-c1ccccc1-2.[Pt]. The Labute approximate surface area is 433 Å². The van der Waals surface area contributed by atoms with Gasteiger partial charge in [0.2, 0.25) is 0 Å². The molecule has 0 atom stereocenters. The molecule has 5 nitrogen and oxygen atoms in total. The van der Waals surface area contributed by atoms with Crippen molar-refractivity contribution in [2.75, 3.05) is 0 Å². The summed E-state index contributed by atoms with van der Waals surface area (Å²) >= 11 is 0. The molecule has 0 saturated heterocycles. The number of fused-ring (bicyclic) bond motifs is 10. The maximum atomic E-state index is 8.68. The first-order chi connectivity index (χ1) is 35.7. The van der Waals surface area contributed by atoms with Gasteiger partial charge in [-0.25, -0.2) is 4.98 Å². The molecule has 1 aliphatic heterocycles. The summed E-state index contributed by atoms with van der Waals surface area (Å²) in [5, 5.41) is 2.12. The molecule has 0 saturated carbocycles. The first-order valence-electron chi connectivity index (χ1n) is 26.4. The quantitative estimate of drug-likeness (QED) is 0.127. The second kappa shape index (κ2) is 17.0. The van der Waals surface area contributed by atoms with Gasteiger partial charge < -0.3 is 13.9 Å². The minimum Gasteiger partial charge on any atom is -0.510 e. The molecule has 3 aromatic heterocycles. The van der Waals surface area contributed by atoms with Crippen LogP contribution in [0, 0.1) is 32.2 Å². The van der Waals surface area contributed by atoms with Crippen LogP contribution in [0.1, 0.15) is 72.0 Å². The third-order valence-corrected chi connectivity index (χ3v) is 13.5. The van der Waals surface area contributed by atoms with Crippen molar-refractivity contribution in [2.45, 2.75) is 66.1 Å². The largest absolute Gasteiger partial charge is 0.510 e. The summed E-state index contributed by atoms with van der Waals surface area (Å²) < 4.78 is 65.1. The van der Waals surface area contributed by atoms with Crippen LogP contribution in [-0.2, 0) is 31.9 Å². The molecule has 0 bridgehead atoms. The molecule has 11 aromatic rings. The topological polar surface area (TPSA) is 35.9 Å². The third-order valence-electron chi connectivity index (χ3n) is 13.5. The maximum Gasteiger partial charge on any atom is 0.268 e. The summed E-state index contributed by atoms with van der Waals surface area (Å²) in [6.07, 6.45) is 5.69. The van der Waals surface area contributed by atoms with E-state index in [-0.39, 0.29) is 43.2 Å². The van der Waals surface area contributed by atoms with Crippen LogP contribution in [0.5, 0.6) is 11.5 Å². The monoisotopic (exact) mass is 1090 g/mol. The van der Waals surface area contributed by atoms with Crippen LogP contribution in [-0.4, -0.2) is 14.1 Å². The zero-order valence-corrected chi connectivity index (χ0v) is 42.0. The molecule has 6 heteroatoms. The van der Waals surface area contributed by atoms with Crippen molar-refractivity contribution < 1.29 is 38.6 Å². The molecule has 12 rings (SSSR count). The maximum absolute atomic E-state index is 8.68. The molecule has 4 heterocycles. The zero-order valence-electron chi connectivity index (χ0n) is 45.7. The number of ether oxygens (including phenoxy) is 1. The van der Waals surface area contributed by atoms with E-state index in [4.69, 9.17) is 17.9 Å². The van der Waals surface area contributed by atoms with Crippen molar-refractivity contribution in [1.29, 1.82) is 0 Å². The van der Waals surface area contributed by atoms with Crippen molar-refractivity contribution in [3.8, 4) is 73.2 Å². The van der Waals surface area contributed by atoms with Crippen molar-refractivity contribution in [3.63, 3.8) is 0 Å². The first-order valence-corrected chi connectivity index (χ1v) is 23.4. The molecule has 0 aliphatic carbocycles. The van der Waals surface area contributed by atoms with E-state index in [0.717, 1.165) is 83.3 Å². The van der Waals surface area contributed by atoms with Crippen molar-refractivity contribution in [2.24, 2.45) is 0 Å². The van der Waals surface area contributed by atoms with Crippen LogP contribution in [0.15, 0.2) is 170 Å². The Bertz CT molecular complexity index is 4080. The van der Waals surface area contributed by atoms with Gasteiger partial charge in [0.05, 0.1) is 16.7 Å². The average molecular weight is 1090 g/mol. The van der Waals surface area contributed by atoms with Gasteiger partial charge in [0.25, 0.3) is 6.33 Å². The summed E-state index contributed by atoms with van der Waals surface area (Å²) in [4.78, 5) is 4.86. The van der Waals surface area contributed by atoms with Crippen LogP contribution >= 0.6 is 0 Å². The Hall–Kier alpha value is -7.33. The molecular weight excluding hydrogens is 1040 g/mol. The van der Waals surface area contributed by atoms with Crippen molar-refractivity contribution >= 4 is 32.8 Å². The van der Waals surface area contributed by atoms with E-state index in [1.807, 2.05) is 71.4 Å². The van der Waals surface area contributed by atoms with Gasteiger partial charge >= 0.3 is 0 Å². The van der Waals surface area contributed by atoms with Crippen LogP contribution in [0.25, 0.3) is 94.5 Å². The number of hydrogen-bond acceptors (Lipinski definition) is 2. The molecule has 0 unspecified atom stereocenters. The Morgan fingerprint density at radius 3 is 1.91 bits per heavy atom. The fourth-order valence-electron chi connectivity index (χ4n) is 10.2. The molecule has 0 spiro atoms. The molecule has 70 heavy (non-hydrogen) atoms. The number of benzene rings is 8. The number of hydrogen-bond donors (Lipinski definition) is 0. The van der Waals surface area contributed by atoms with Gasteiger partial charge in [-0.2, -0.15) is 18.2 Å². The third kappa shape index (κ3) is 7.42. The van der Waals surface area contributed by atoms with Crippen LogP contribution in [0.2, 0.25) is 0 Å². The van der Waals surface area contributed by atoms with E-state index in [1.54, 1.807) is 0 Å². The van der Waals surface area contributed by atoms with E-state index in [1.165, 1.54) is 23.8 Å². The summed E-state index contributed by atoms with van der Waals surface area (Å²) in [6.45, 7) is 7.79. The predicted molar refractivity (Wildman–Crippen MR) is 282 cm³/mol. The molecule has 0 fully saturated rings. The zero-order chi connectivity index (χ0) is 52.3. The minimum absolute atomic E-state index is 0. The molecular formula is C64H52N4OPt-2. The summed E-state index contributed by atoms with van der Waals surface area (Å²) in [5.74, 6) is 1.80. The van der Waals surface area contributed by atoms with E-state index < -0.39 is 19.1 Å². The van der Waals surface area contributed by atoms with Crippen LogP contribution in [0.3, 0.4) is 0 Å². The Morgan fingerprint density at radius 1 is 0.571 bits per heavy atom. The molecule has 0 N–H and O–H groups in total. The van der Waals surface area contributed by atoms with Gasteiger partial charge in [0.15, 0.2) is 0 Å². The normalized spacial score (nSPS) is 13.8. The number of para-hydroxylation sites is 2. The number of nitrogens with zero attached hydrogens (tertiary/aromatic N) is 4. The number of aromatic nitrogens is 4. The van der Waals surface area contributed by atoms with E-state index in [2.05, 4.69) is 154 Å². The first kappa shape index (κ1) is 38.5. The Morgan fingerprint density at radius 2 is 1.20 bits per heavy atom. The second-order valence-corrected chi connectivity index (χ2v) is 20.0. The van der Waals surface area contributed by atoms with Gasteiger partial charge in [-0.3, -0.25) is 4.57 Å². The number of pyridine rings is 1. The van der Waals surface area contributed by atoms with Crippen LogP contribution in [0.4, 0.5) is 0 Å². The Kier molecular flexibility index (Phi) is 9.33. The van der Waals surface area contributed by atoms with Gasteiger partial charge in [-0.15, -0.1) is 29.7 Å². The van der Waals surface area contributed by atoms with Crippen molar-refractivity contribution in [3.05, 3.63) is 211 Å². The molecule has 8 aromatic carbocycles. The predicted octanol–water partition coefficient (Wildman–Crippen LogP) is 15.8. The smallest absolute Gasteiger partial charge is 0.268 e. The standard InChI is InChI=1S/C64H52N4O.Pt/c1-40-18-15-19-41(2)60(40)42-34-54-50-25-12-10-23-48(50)47-22-9-11-24-49(47)53-27-17-29-57-62(53)67(61(54)55(35-42)64(6,7)8)39-66(57)44-20-16-21-45(37-44)69-46-30-31-52-51-26-13-14-28-56(51)68(58(52)38-46)59-36-43(32-33-65-59)63(3,4)5;/h9-36H,1-8H3;/q-2;/i1D3,2D3;. The molecule has 0 amide bonds. The van der Waals surface area contributed by atoms with Gasteiger partial charge in [0, 0.05) is 52.5 Å². The van der Waals surface area contributed by atoms with Crippen LogP contribution < -0.4 is 9.30 Å². The molecule has 0 radical (unpaired) electrons. The average Bonchev–Trinajstić information content (AvgIpc) is 3.94. The number of imidazole rings is 1. The fourth-order valence-corrected chi connectivity index (χ4v) is 10.2. The molecule has 1 aliphatic rings. The summed E-state index contributed by atoms with van der Waals surface area (Å²) in [7, 11) is 0. The van der Waals surface area contributed by atoms with Gasteiger partial charge in [-0.05, 0) is 127 Å². The number of aryl methyl sites for hydroxylation is 2. The second-order valence-electron chi connectivity index (χ2n) is 20.0. The van der Waals surface area contributed by atoms with Crippen molar-refractivity contribution in [1.82, 2.24) is 14.1 Å². The van der Waals surface area contributed by atoms with E-state index in [9.17, 15) is 0 Å². The van der Waals surface area contributed by atoms with Gasteiger partial charge in [-0.1, -0.05) is 156 Å². The van der Waals surface area contributed by atoms with E-state index in [0.29, 0.717) is 22.7 Å². The summed E-state index contributed by atoms with van der Waals surface area (Å²) in [6, 6.07) is 61.1. The summed E-state index contributed by atoms with van der Waals surface area (Å²) in [5.41, 5.74) is 12.9. The minimum atomic E-state index is -2.60.